The maximum atomic E-state index is 12.6. The number of hydrogen-bond donors (Lipinski definition) is 1. The molecule has 6 nitrogen and oxygen atoms in total. The molecule has 1 aliphatic heterocycles. The highest BCUT2D eigenvalue weighted by Crippen LogP contribution is 2.32. The molecular weight excluding hydrogens is 412 g/mol. The van der Waals surface area contributed by atoms with Crippen molar-refractivity contribution in [2.24, 2.45) is 0 Å². The van der Waals surface area contributed by atoms with Crippen molar-refractivity contribution >= 4 is 61.0 Å². The standard InChI is InChI=1S/C19H16N4O2S3/c24-17(14-11-27-18(21-14)15-2-1-9-26-15)20-12-3-4-13-16(10-12)28-19(22-13)23-5-7-25-8-6-23/h1-4,9-11H,5-8H2,(H,20,24). The van der Waals surface area contributed by atoms with Gasteiger partial charge in [0.05, 0.1) is 28.3 Å². The van der Waals surface area contributed by atoms with Gasteiger partial charge in [0.1, 0.15) is 10.7 Å². The topological polar surface area (TPSA) is 67.4 Å². The lowest BCUT2D eigenvalue weighted by Gasteiger charge is -2.25. The van der Waals surface area contributed by atoms with Crippen LogP contribution in [-0.2, 0) is 4.74 Å². The maximum Gasteiger partial charge on any atom is 0.275 e. The van der Waals surface area contributed by atoms with Crippen molar-refractivity contribution < 1.29 is 9.53 Å². The fourth-order valence-electron chi connectivity index (χ4n) is 2.97. The molecule has 4 aromatic rings. The monoisotopic (exact) mass is 428 g/mol. The number of hydrogen-bond acceptors (Lipinski definition) is 8. The molecular formula is C19H16N4O2S3. The maximum absolute atomic E-state index is 12.6. The Balaban J connectivity index is 1.34. The highest BCUT2D eigenvalue weighted by atomic mass is 32.1. The summed E-state index contributed by atoms with van der Waals surface area (Å²) in [5.41, 5.74) is 2.13. The molecule has 0 saturated carbocycles. The van der Waals surface area contributed by atoms with Gasteiger partial charge in [0, 0.05) is 24.2 Å². The zero-order valence-electron chi connectivity index (χ0n) is 14.8. The number of amides is 1. The highest BCUT2D eigenvalue weighted by Gasteiger charge is 2.17. The molecule has 1 fully saturated rings. The summed E-state index contributed by atoms with van der Waals surface area (Å²) in [5, 5.41) is 8.63. The van der Waals surface area contributed by atoms with E-state index in [1.807, 2.05) is 35.7 Å². The summed E-state index contributed by atoms with van der Waals surface area (Å²) in [6.07, 6.45) is 0. The molecule has 1 aromatic carbocycles. The van der Waals surface area contributed by atoms with Crippen LogP contribution in [-0.4, -0.2) is 42.2 Å². The van der Waals surface area contributed by atoms with Crippen LogP contribution in [0.15, 0.2) is 41.1 Å². The number of nitrogens with zero attached hydrogens (tertiary/aromatic N) is 3. The fraction of sp³-hybridized carbons (Fsp3) is 0.211. The van der Waals surface area contributed by atoms with Gasteiger partial charge in [-0.25, -0.2) is 9.97 Å². The summed E-state index contributed by atoms with van der Waals surface area (Å²) in [7, 11) is 0. The van der Waals surface area contributed by atoms with E-state index in [1.165, 1.54) is 11.3 Å². The predicted molar refractivity (Wildman–Crippen MR) is 116 cm³/mol. The van der Waals surface area contributed by atoms with Gasteiger partial charge in [-0.2, -0.15) is 0 Å². The number of thiazole rings is 2. The van der Waals surface area contributed by atoms with Crippen molar-refractivity contribution in [1.29, 1.82) is 0 Å². The van der Waals surface area contributed by atoms with Crippen LogP contribution >= 0.6 is 34.0 Å². The lowest BCUT2D eigenvalue weighted by molar-refractivity contribution is 0.102. The van der Waals surface area contributed by atoms with E-state index in [-0.39, 0.29) is 5.91 Å². The number of aromatic nitrogens is 2. The number of thiophene rings is 1. The first-order chi connectivity index (χ1) is 13.8. The summed E-state index contributed by atoms with van der Waals surface area (Å²) < 4.78 is 6.46. The Morgan fingerprint density at radius 1 is 1.14 bits per heavy atom. The van der Waals surface area contributed by atoms with Crippen molar-refractivity contribution in [3.05, 3.63) is 46.8 Å². The van der Waals surface area contributed by atoms with Crippen LogP contribution in [0.5, 0.6) is 0 Å². The SMILES string of the molecule is O=C(Nc1ccc2nc(N3CCOCC3)sc2c1)c1csc(-c2cccs2)n1. The average Bonchev–Trinajstić information content (AvgIpc) is 3.47. The van der Waals surface area contributed by atoms with Gasteiger partial charge < -0.3 is 15.0 Å². The molecule has 1 saturated heterocycles. The second kappa shape index (κ2) is 7.59. The summed E-state index contributed by atoms with van der Waals surface area (Å²) >= 11 is 4.74. The molecule has 1 amide bonds. The molecule has 1 aliphatic rings. The minimum atomic E-state index is -0.198. The quantitative estimate of drug-likeness (QED) is 0.516. The number of morpholine rings is 1. The zero-order valence-corrected chi connectivity index (χ0v) is 17.2. The van der Waals surface area contributed by atoms with Gasteiger partial charge in [0.2, 0.25) is 0 Å². The smallest absolute Gasteiger partial charge is 0.275 e. The number of ether oxygens (including phenoxy) is 1. The zero-order chi connectivity index (χ0) is 18.9. The fourth-order valence-corrected chi connectivity index (χ4v) is 5.64. The number of anilines is 2. The summed E-state index contributed by atoms with van der Waals surface area (Å²) in [4.78, 5) is 25.1. The highest BCUT2D eigenvalue weighted by molar-refractivity contribution is 7.22. The number of carbonyl (C=O) groups excluding carboxylic acids is 1. The molecule has 0 aliphatic carbocycles. The largest absolute Gasteiger partial charge is 0.378 e. The van der Waals surface area contributed by atoms with Crippen LogP contribution in [0.2, 0.25) is 0 Å². The van der Waals surface area contributed by atoms with E-state index >= 15 is 0 Å². The Morgan fingerprint density at radius 2 is 2.04 bits per heavy atom. The van der Waals surface area contributed by atoms with Gasteiger partial charge in [0.25, 0.3) is 5.91 Å². The molecule has 0 bridgehead atoms. The van der Waals surface area contributed by atoms with Crippen molar-refractivity contribution in [2.45, 2.75) is 0 Å². The van der Waals surface area contributed by atoms with E-state index < -0.39 is 0 Å². The molecule has 0 unspecified atom stereocenters. The molecule has 142 valence electrons. The molecule has 3 aromatic heterocycles. The second-order valence-electron chi connectivity index (χ2n) is 6.25. The molecule has 0 spiro atoms. The Labute approximate surface area is 173 Å². The Bertz CT molecular complexity index is 1110. The third kappa shape index (κ3) is 3.53. The third-order valence-electron chi connectivity index (χ3n) is 4.39. The van der Waals surface area contributed by atoms with Crippen LogP contribution in [0, 0.1) is 0 Å². The predicted octanol–water partition coefficient (Wildman–Crippen LogP) is 4.57. The van der Waals surface area contributed by atoms with Crippen LogP contribution in [0.1, 0.15) is 10.5 Å². The molecule has 28 heavy (non-hydrogen) atoms. The molecule has 9 heteroatoms. The van der Waals surface area contributed by atoms with E-state index in [0.29, 0.717) is 5.69 Å². The van der Waals surface area contributed by atoms with E-state index in [1.54, 1.807) is 28.1 Å². The van der Waals surface area contributed by atoms with Gasteiger partial charge in [-0.05, 0) is 29.6 Å². The summed E-state index contributed by atoms with van der Waals surface area (Å²) in [6.45, 7) is 3.19. The number of benzene rings is 1. The first-order valence-electron chi connectivity index (χ1n) is 8.80. The van der Waals surface area contributed by atoms with Crippen molar-refractivity contribution in [1.82, 2.24) is 9.97 Å². The lowest BCUT2D eigenvalue weighted by atomic mass is 10.3. The molecule has 4 heterocycles. The molecule has 5 rings (SSSR count). The molecule has 0 atom stereocenters. The van der Waals surface area contributed by atoms with Gasteiger partial charge >= 0.3 is 0 Å². The van der Waals surface area contributed by atoms with Crippen LogP contribution < -0.4 is 10.2 Å². The summed E-state index contributed by atoms with van der Waals surface area (Å²) in [6, 6.07) is 9.80. The van der Waals surface area contributed by atoms with E-state index in [0.717, 1.165) is 57.2 Å². The van der Waals surface area contributed by atoms with Crippen molar-refractivity contribution in [2.75, 3.05) is 36.5 Å². The van der Waals surface area contributed by atoms with Gasteiger partial charge in [-0.3, -0.25) is 4.79 Å². The number of carbonyl (C=O) groups is 1. The number of fused-ring (bicyclic) bond motifs is 1. The van der Waals surface area contributed by atoms with Crippen molar-refractivity contribution in [3.8, 4) is 9.88 Å². The Kier molecular flexibility index (Phi) is 4.81. The second-order valence-corrected chi connectivity index (χ2v) is 9.06. The van der Waals surface area contributed by atoms with E-state index in [9.17, 15) is 4.79 Å². The molecule has 1 N–H and O–H groups in total. The lowest BCUT2D eigenvalue weighted by Crippen LogP contribution is -2.36. The Hall–Kier alpha value is -2.33. The van der Waals surface area contributed by atoms with E-state index in [2.05, 4.69) is 15.2 Å². The summed E-state index contributed by atoms with van der Waals surface area (Å²) in [5.74, 6) is -0.198. The molecule has 0 radical (unpaired) electrons. The van der Waals surface area contributed by atoms with Gasteiger partial charge in [-0.15, -0.1) is 22.7 Å². The van der Waals surface area contributed by atoms with Crippen molar-refractivity contribution in [3.63, 3.8) is 0 Å². The first kappa shape index (κ1) is 17.7. The number of rotatable bonds is 4. The normalized spacial score (nSPS) is 14.5. The first-order valence-corrected chi connectivity index (χ1v) is 11.4. The minimum absolute atomic E-state index is 0.198. The van der Waals surface area contributed by atoms with Gasteiger partial charge in [-0.1, -0.05) is 17.4 Å². The van der Waals surface area contributed by atoms with Crippen LogP contribution in [0.25, 0.3) is 20.1 Å². The minimum Gasteiger partial charge on any atom is -0.378 e. The third-order valence-corrected chi connectivity index (χ3v) is 7.35. The van der Waals surface area contributed by atoms with Crippen LogP contribution in [0.4, 0.5) is 10.8 Å². The van der Waals surface area contributed by atoms with Gasteiger partial charge in [0.15, 0.2) is 5.13 Å². The number of nitrogens with one attached hydrogen (secondary N) is 1. The average molecular weight is 429 g/mol. The Morgan fingerprint density at radius 3 is 2.86 bits per heavy atom. The van der Waals surface area contributed by atoms with Crippen LogP contribution in [0.3, 0.4) is 0 Å². The van der Waals surface area contributed by atoms with E-state index in [4.69, 9.17) is 9.72 Å².